The van der Waals surface area contributed by atoms with E-state index in [2.05, 4.69) is 11.1 Å². The molecular formula is C13H8Cl2N2S. The van der Waals surface area contributed by atoms with Gasteiger partial charge in [0.2, 0.25) is 0 Å². The Bertz CT molecular complexity index is 653. The molecule has 90 valence electrons. The van der Waals surface area contributed by atoms with Gasteiger partial charge in [-0.3, -0.25) is 0 Å². The molecular weight excluding hydrogens is 287 g/mol. The van der Waals surface area contributed by atoms with Crippen LogP contribution in [-0.4, -0.2) is 4.98 Å². The number of halogens is 2. The highest BCUT2D eigenvalue weighted by atomic mass is 35.5. The number of benzene rings is 1. The maximum Gasteiger partial charge on any atom is 0.128 e. The fourth-order valence-corrected chi connectivity index (χ4v) is 3.37. The minimum atomic E-state index is 0.468. The van der Waals surface area contributed by atoms with Gasteiger partial charge in [-0.25, -0.2) is 4.98 Å². The monoisotopic (exact) mass is 294 g/mol. The number of nitriles is 1. The van der Waals surface area contributed by atoms with Crippen molar-refractivity contribution in [3.63, 3.8) is 0 Å². The molecule has 0 saturated heterocycles. The summed E-state index contributed by atoms with van der Waals surface area (Å²) in [7, 11) is 0. The largest absolute Gasteiger partial charge is 0.239 e. The molecule has 1 aromatic carbocycles. The van der Waals surface area contributed by atoms with E-state index in [1.54, 1.807) is 12.1 Å². The molecule has 2 nitrogen and oxygen atoms in total. The third-order valence-corrected chi connectivity index (χ3v) is 4.44. The van der Waals surface area contributed by atoms with Gasteiger partial charge in [0.25, 0.3) is 0 Å². The quantitative estimate of drug-likeness (QED) is 0.792. The summed E-state index contributed by atoms with van der Waals surface area (Å²) in [5, 5.41) is 11.1. The molecule has 0 N–H and O–H groups in total. The molecule has 3 rings (SSSR count). The topological polar surface area (TPSA) is 36.7 Å². The number of rotatable bonds is 2. The first-order valence-corrected chi connectivity index (χ1v) is 7.12. The average Bonchev–Trinajstić information content (AvgIpc) is 3.10. The zero-order valence-electron chi connectivity index (χ0n) is 9.28. The Kier molecular flexibility index (Phi) is 3.03. The Morgan fingerprint density at radius 2 is 2.11 bits per heavy atom. The zero-order chi connectivity index (χ0) is 12.7. The molecule has 0 unspecified atom stereocenters. The number of nitrogens with zero attached hydrogens (tertiary/aromatic N) is 2. The second-order valence-corrected chi connectivity index (χ2v) is 6.09. The zero-order valence-corrected chi connectivity index (χ0v) is 11.6. The van der Waals surface area contributed by atoms with E-state index < -0.39 is 0 Å². The smallest absolute Gasteiger partial charge is 0.128 e. The number of hydrogen-bond acceptors (Lipinski definition) is 3. The van der Waals surface area contributed by atoms with Crippen molar-refractivity contribution in [3.8, 4) is 16.6 Å². The molecule has 1 aromatic heterocycles. The van der Waals surface area contributed by atoms with Crippen LogP contribution in [0.1, 0.15) is 29.3 Å². The maximum absolute atomic E-state index is 9.14. The van der Waals surface area contributed by atoms with Crippen LogP contribution in [0.3, 0.4) is 0 Å². The van der Waals surface area contributed by atoms with Crippen molar-refractivity contribution in [1.29, 1.82) is 5.26 Å². The summed E-state index contributed by atoms with van der Waals surface area (Å²) in [6, 6.07) is 7.56. The summed E-state index contributed by atoms with van der Waals surface area (Å²) in [5.74, 6) is 0.468. The average molecular weight is 295 g/mol. The molecule has 2 aromatic rings. The van der Waals surface area contributed by atoms with Crippen molar-refractivity contribution >= 4 is 34.5 Å². The van der Waals surface area contributed by atoms with E-state index in [9.17, 15) is 0 Å². The molecule has 1 fully saturated rings. The molecule has 0 radical (unpaired) electrons. The van der Waals surface area contributed by atoms with Crippen LogP contribution in [0, 0.1) is 11.3 Å². The predicted molar refractivity (Wildman–Crippen MR) is 74.3 cm³/mol. The molecule has 1 saturated carbocycles. The van der Waals surface area contributed by atoms with Crippen LogP contribution in [-0.2, 0) is 0 Å². The van der Waals surface area contributed by atoms with Gasteiger partial charge in [-0.2, -0.15) is 5.26 Å². The normalized spacial score (nSPS) is 14.5. The summed E-state index contributed by atoms with van der Waals surface area (Å²) < 4.78 is 0. The lowest BCUT2D eigenvalue weighted by molar-refractivity contribution is 1.04. The van der Waals surface area contributed by atoms with Crippen molar-refractivity contribution in [2.24, 2.45) is 0 Å². The number of hydrogen-bond donors (Lipinski definition) is 0. The standard InChI is InChI=1S/C13H8Cl2N2S/c14-8-3-4-9(10(15)5-8)13-17-12(7-1-2-7)11(6-16)18-13/h3-5,7H,1-2H2. The van der Waals surface area contributed by atoms with Crippen molar-refractivity contribution in [2.75, 3.05) is 0 Å². The van der Waals surface area contributed by atoms with E-state index >= 15 is 0 Å². The minimum Gasteiger partial charge on any atom is -0.239 e. The van der Waals surface area contributed by atoms with E-state index in [-0.39, 0.29) is 0 Å². The fourth-order valence-electron chi connectivity index (χ4n) is 1.82. The second-order valence-electron chi connectivity index (χ2n) is 4.24. The SMILES string of the molecule is N#Cc1sc(-c2ccc(Cl)cc2Cl)nc1C1CC1. The summed E-state index contributed by atoms with van der Waals surface area (Å²) in [4.78, 5) is 5.28. The van der Waals surface area contributed by atoms with Crippen LogP contribution in [0.4, 0.5) is 0 Å². The molecule has 0 amide bonds. The molecule has 1 aliphatic carbocycles. The summed E-state index contributed by atoms with van der Waals surface area (Å²) in [6.45, 7) is 0. The van der Waals surface area contributed by atoms with Crippen LogP contribution < -0.4 is 0 Å². The highest BCUT2D eigenvalue weighted by Crippen LogP contribution is 2.44. The number of thiazole rings is 1. The molecule has 0 spiro atoms. The molecule has 1 aliphatic rings. The Morgan fingerprint density at radius 3 is 2.72 bits per heavy atom. The first kappa shape index (κ1) is 12.0. The molecule has 1 heterocycles. The van der Waals surface area contributed by atoms with E-state index in [4.69, 9.17) is 28.5 Å². The van der Waals surface area contributed by atoms with E-state index in [1.807, 2.05) is 6.07 Å². The van der Waals surface area contributed by atoms with Gasteiger partial charge in [-0.15, -0.1) is 11.3 Å². The summed E-state index contributed by atoms with van der Waals surface area (Å²) >= 11 is 13.4. The Morgan fingerprint density at radius 1 is 1.33 bits per heavy atom. The second kappa shape index (κ2) is 4.55. The van der Waals surface area contributed by atoms with Crippen molar-refractivity contribution < 1.29 is 0 Å². The van der Waals surface area contributed by atoms with E-state index in [1.165, 1.54) is 11.3 Å². The van der Waals surface area contributed by atoms with Crippen molar-refractivity contribution in [1.82, 2.24) is 4.98 Å². The van der Waals surface area contributed by atoms with Gasteiger partial charge in [0, 0.05) is 16.5 Å². The predicted octanol–water partition coefficient (Wildman–Crippen LogP) is 4.87. The minimum absolute atomic E-state index is 0.468. The molecule has 0 aliphatic heterocycles. The van der Waals surface area contributed by atoms with E-state index in [0.717, 1.165) is 29.1 Å². The highest BCUT2D eigenvalue weighted by molar-refractivity contribution is 7.15. The van der Waals surface area contributed by atoms with Gasteiger partial charge in [0.1, 0.15) is 16.0 Å². The van der Waals surface area contributed by atoms with Crippen LogP contribution in [0.15, 0.2) is 18.2 Å². The Labute approximate surface area is 119 Å². The lowest BCUT2D eigenvalue weighted by Crippen LogP contribution is -1.84. The molecule has 0 atom stereocenters. The van der Waals surface area contributed by atoms with Gasteiger partial charge in [0.15, 0.2) is 0 Å². The Hall–Kier alpha value is -1.08. The van der Waals surface area contributed by atoms with Gasteiger partial charge in [0.05, 0.1) is 10.7 Å². The van der Waals surface area contributed by atoms with Crippen LogP contribution >= 0.6 is 34.5 Å². The van der Waals surface area contributed by atoms with Crippen LogP contribution in [0.2, 0.25) is 10.0 Å². The van der Waals surface area contributed by atoms with Gasteiger partial charge in [-0.1, -0.05) is 23.2 Å². The lowest BCUT2D eigenvalue weighted by atomic mass is 10.2. The Balaban J connectivity index is 2.09. The molecule has 5 heteroatoms. The van der Waals surface area contributed by atoms with Crippen molar-refractivity contribution in [3.05, 3.63) is 38.8 Å². The summed E-state index contributed by atoms with van der Waals surface area (Å²) in [5.41, 5.74) is 1.78. The first-order chi connectivity index (χ1) is 8.69. The third kappa shape index (κ3) is 2.12. The molecule has 18 heavy (non-hydrogen) atoms. The van der Waals surface area contributed by atoms with Crippen molar-refractivity contribution in [2.45, 2.75) is 18.8 Å². The van der Waals surface area contributed by atoms with E-state index in [0.29, 0.717) is 20.8 Å². The first-order valence-electron chi connectivity index (χ1n) is 5.55. The van der Waals surface area contributed by atoms with Crippen LogP contribution in [0.25, 0.3) is 10.6 Å². The van der Waals surface area contributed by atoms with Gasteiger partial charge in [-0.05, 0) is 31.0 Å². The number of aromatic nitrogens is 1. The maximum atomic E-state index is 9.14. The van der Waals surface area contributed by atoms with Gasteiger partial charge < -0.3 is 0 Å². The van der Waals surface area contributed by atoms with Gasteiger partial charge >= 0.3 is 0 Å². The van der Waals surface area contributed by atoms with Crippen LogP contribution in [0.5, 0.6) is 0 Å². The fraction of sp³-hybridized carbons (Fsp3) is 0.231. The molecule has 0 bridgehead atoms. The summed E-state index contributed by atoms with van der Waals surface area (Å²) in [6.07, 6.45) is 2.26. The highest BCUT2D eigenvalue weighted by Gasteiger charge is 2.30. The lowest BCUT2D eigenvalue weighted by Gasteiger charge is -2.00. The third-order valence-electron chi connectivity index (χ3n) is 2.88.